The molecule has 1 aromatic heterocycles. The molecule has 0 aliphatic carbocycles. The lowest BCUT2D eigenvalue weighted by Gasteiger charge is -2.22. The zero-order valence-electron chi connectivity index (χ0n) is 9.97. The summed E-state index contributed by atoms with van der Waals surface area (Å²) in [5.74, 6) is -0.987. The Morgan fingerprint density at radius 3 is 2.82 bits per heavy atom. The molecule has 5 nitrogen and oxygen atoms in total. The largest absolute Gasteiger partial charge is 0.478 e. The van der Waals surface area contributed by atoms with E-state index in [1.165, 1.54) is 6.20 Å². The van der Waals surface area contributed by atoms with Gasteiger partial charge in [-0.25, -0.2) is 4.79 Å². The van der Waals surface area contributed by atoms with E-state index >= 15 is 0 Å². The Kier molecular flexibility index (Phi) is 2.79. The first-order chi connectivity index (χ1) is 7.89. The van der Waals surface area contributed by atoms with E-state index in [9.17, 15) is 9.90 Å². The Bertz CT molecular complexity index is 457. The van der Waals surface area contributed by atoms with Crippen LogP contribution in [0.1, 0.15) is 29.4 Å². The van der Waals surface area contributed by atoms with Gasteiger partial charge in [-0.05, 0) is 26.3 Å². The Balaban J connectivity index is 2.38. The molecule has 1 atom stereocenters. The number of aromatic carboxylic acids is 1. The maximum absolute atomic E-state index is 11.1. The molecule has 17 heavy (non-hydrogen) atoms. The van der Waals surface area contributed by atoms with Crippen LogP contribution in [0.5, 0.6) is 0 Å². The first-order valence-corrected chi connectivity index (χ1v) is 5.56. The highest BCUT2D eigenvalue weighted by atomic mass is 16.4. The van der Waals surface area contributed by atoms with Crippen LogP contribution < -0.4 is 4.90 Å². The van der Waals surface area contributed by atoms with E-state index in [1.807, 2.05) is 11.8 Å². The molecule has 1 saturated heterocycles. The van der Waals surface area contributed by atoms with Gasteiger partial charge in [0.2, 0.25) is 0 Å². The number of carboxylic acid groups (broad SMARTS) is 1. The maximum atomic E-state index is 11.1. The van der Waals surface area contributed by atoms with Gasteiger partial charge in [0.05, 0.1) is 11.3 Å². The molecule has 0 radical (unpaired) electrons. The number of carbonyl (C=O) groups is 1. The van der Waals surface area contributed by atoms with Gasteiger partial charge in [-0.15, -0.1) is 0 Å². The highest BCUT2D eigenvalue weighted by Crippen LogP contribution is 2.29. The molecule has 2 rings (SSSR count). The highest BCUT2D eigenvalue weighted by molar-refractivity contribution is 5.94. The van der Waals surface area contributed by atoms with Gasteiger partial charge in [0, 0.05) is 25.0 Å². The fourth-order valence-electron chi connectivity index (χ4n) is 2.12. The maximum Gasteiger partial charge on any atom is 0.339 e. The van der Waals surface area contributed by atoms with E-state index in [0.717, 1.165) is 5.69 Å². The van der Waals surface area contributed by atoms with Crippen LogP contribution >= 0.6 is 0 Å². The molecular formula is C12H16N2O3. The fraction of sp³-hybridized carbons (Fsp3) is 0.500. The minimum atomic E-state index is -0.987. The number of aromatic nitrogens is 1. The number of carboxylic acids is 1. The van der Waals surface area contributed by atoms with E-state index in [-0.39, 0.29) is 5.56 Å². The lowest BCUT2D eigenvalue weighted by atomic mass is 10.1. The summed E-state index contributed by atoms with van der Waals surface area (Å²) in [6, 6.07) is 1.75. The van der Waals surface area contributed by atoms with Crippen LogP contribution in [0.4, 0.5) is 5.69 Å². The number of hydrogen-bond acceptors (Lipinski definition) is 4. The van der Waals surface area contributed by atoms with E-state index in [0.29, 0.717) is 25.2 Å². The van der Waals surface area contributed by atoms with E-state index in [2.05, 4.69) is 4.98 Å². The van der Waals surface area contributed by atoms with E-state index < -0.39 is 11.6 Å². The first-order valence-electron chi connectivity index (χ1n) is 5.56. The molecule has 0 spiro atoms. The summed E-state index contributed by atoms with van der Waals surface area (Å²) < 4.78 is 0. The van der Waals surface area contributed by atoms with Gasteiger partial charge < -0.3 is 15.1 Å². The lowest BCUT2D eigenvalue weighted by molar-refractivity contribution is 0.0695. The monoisotopic (exact) mass is 236 g/mol. The van der Waals surface area contributed by atoms with E-state index in [4.69, 9.17) is 5.11 Å². The minimum Gasteiger partial charge on any atom is -0.478 e. The predicted molar refractivity (Wildman–Crippen MR) is 63.4 cm³/mol. The molecule has 5 heteroatoms. The van der Waals surface area contributed by atoms with Crippen molar-refractivity contribution in [2.45, 2.75) is 25.9 Å². The number of β-amino-alcohol motifs (C(OH)–C–C–N with tert-alkyl or cyclic N) is 1. The summed E-state index contributed by atoms with van der Waals surface area (Å²) in [4.78, 5) is 17.0. The van der Waals surface area contributed by atoms with Gasteiger partial charge in [0.1, 0.15) is 5.56 Å². The summed E-state index contributed by atoms with van der Waals surface area (Å²) in [6.07, 6.45) is 2.02. The van der Waals surface area contributed by atoms with Gasteiger partial charge in [-0.1, -0.05) is 0 Å². The van der Waals surface area contributed by atoms with Gasteiger partial charge >= 0.3 is 5.97 Å². The molecule has 0 saturated carbocycles. The molecule has 0 amide bonds. The second-order valence-electron chi connectivity index (χ2n) is 4.82. The molecule has 1 unspecified atom stereocenters. The zero-order valence-corrected chi connectivity index (χ0v) is 9.97. The van der Waals surface area contributed by atoms with Crippen LogP contribution in [0, 0.1) is 6.92 Å². The van der Waals surface area contributed by atoms with Crippen LogP contribution in [0.15, 0.2) is 12.3 Å². The molecule has 2 N–H and O–H groups in total. The van der Waals surface area contributed by atoms with Gasteiger partial charge in [0.15, 0.2) is 0 Å². The number of hydrogen-bond donors (Lipinski definition) is 2. The molecule has 1 fully saturated rings. The third-order valence-corrected chi connectivity index (χ3v) is 3.04. The second kappa shape index (κ2) is 4.00. The van der Waals surface area contributed by atoms with E-state index in [1.54, 1.807) is 13.0 Å². The lowest BCUT2D eigenvalue weighted by Crippen LogP contribution is -2.30. The average Bonchev–Trinajstić information content (AvgIpc) is 2.58. The van der Waals surface area contributed by atoms with Crippen molar-refractivity contribution >= 4 is 11.7 Å². The summed E-state index contributed by atoms with van der Waals surface area (Å²) in [5, 5.41) is 19.0. The minimum absolute atomic E-state index is 0.188. The van der Waals surface area contributed by atoms with Crippen molar-refractivity contribution in [3.8, 4) is 0 Å². The Morgan fingerprint density at radius 1 is 1.59 bits per heavy atom. The molecule has 0 aromatic carbocycles. The molecule has 1 aliphatic heterocycles. The van der Waals surface area contributed by atoms with Crippen LogP contribution in [0.2, 0.25) is 0 Å². The second-order valence-corrected chi connectivity index (χ2v) is 4.82. The Hall–Kier alpha value is -1.62. The van der Waals surface area contributed by atoms with Crippen LogP contribution in [0.3, 0.4) is 0 Å². The van der Waals surface area contributed by atoms with Crippen molar-refractivity contribution in [3.05, 3.63) is 23.5 Å². The zero-order chi connectivity index (χ0) is 12.6. The van der Waals surface area contributed by atoms with Crippen LogP contribution in [0.25, 0.3) is 0 Å². The summed E-state index contributed by atoms with van der Waals surface area (Å²) in [7, 11) is 0. The first kappa shape index (κ1) is 11.9. The summed E-state index contributed by atoms with van der Waals surface area (Å²) >= 11 is 0. The Labute approximate surface area is 99.7 Å². The number of rotatable bonds is 2. The molecule has 1 aromatic rings. The summed E-state index contributed by atoms with van der Waals surface area (Å²) in [6.45, 7) is 4.71. The van der Waals surface area contributed by atoms with Crippen molar-refractivity contribution < 1.29 is 15.0 Å². The topological polar surface area (TPSA) is 73.7 Å². The van der Waals surface area contributed by atoms with Crippen LogP contribution in [-0.4, -0.2) is 39.9 Å². The van der Waals surface area contributed by atoms with Crippen molar-refractivity contribution in [2.75, 3.05) is 18.0 Å². The smallest absolute Gasteiger partial charge is 0.339 e. The number of anilines is 1. The molecule has 0 bridgehead atoms. The molecule has 2 heterocycles. The van der Waals surface area contributed by atoms with Crippen LogP contribution in [-0.2, 0) is 0 Å². The number of aryl methyl sites for hydroxylation is 1. The molecular weight excluding hydrogens is 220 g/mol. The quantitative estimate of drug-likeness (QED) is 0.803. The van der Waals surface area contributed by atoms with Crippen molar-refractivity contribution in [3.63, 3.8) is 0 Å². The average molecular weight is 236 g/mol. The SMILES string of the molecule is Cc1cc(N2CCC(C)(O)C2)c(C(=O)O)cn1. The molecule has 92 valence electrons. The van der Waals surface area contributed by atoms with Gasteiger partial charge in [-0.2, -0.15) is 0 Å². The van der Waals surface area contributed by atoms with Gasteiger partial charge in [-0.3, -0.25) is 4.98 Å². The number of aliphatic hydroxyl groups is 1. The highest BCUT2D eigenvalue weighted by Gasteiger charge is 2.33. The van der Waals surface area contributed by atoms with Crippen molar-refractivity contribution in [1.82, 2.24) is 4.98 Å². The van der Waals surface area contributed by atoms with Gasteiger partial charge in [0.25, 0.3) is 0 Å². The van der Waals surface area contributed by atoms with Crippen molar-refractivity contribution in [2.24, 2.45) is 0 Å². The number of pyridine rings is 1. The molecule has 1 aliphatic rings. The normalized spacial score (nSPS) is 24.1. The third kappa shape index (κ3) is 2.39. The predicted octanol–water partition coefficient (Wildman–Crippen LogP) is 1.05. The number of nitrogens with zero attached hydrogens (tertiary/aromatic N) is 2. The summed E-state index contributed by atoms with van der Waals surface area (Å²) in [5.41, 5.74) is 0.861. The Morgan fingerprint density at radius 2 is 2.29 bits per heavy atom. The standard InChI is InChI=1S/C12H16N2O3/c1-8-5-10(9(6-13-8)11(15)16)14-4-3-12(2,17)7-14/h5-6,17H,3-4,7H2,1-2H3,(H,15,16). The van der Waals surface area contributed by atoms with Crippen molar-refractivity contribution in [1.29, 1.82) is 0 Å². The fourth-order valence-corrected chi connectivity index (χ4v) is 2.12. The third-order valence-electron chi connectivity index (χ3n) is 3.04.